The highest BCUT2D eigenvalue weighted by atomic mass is 35.5. The van der Waals surface area contributed by atoms with Gasteiger partial charge in [-0.15, -0.1) is 0 Å². The van der Waals surface area contributed by atoms with E-state index in [1.807, 2.05) is 0 Å². The van der Waals surface area contributed by atoms with Gasteiger partial charge in [0.05, 0.1) is 23.6 Å². The van der Waals surface area contributed by atoms with Crippen LogP contribution in [0.5, 0.6) is 0 Å². The van der Waals surface area contributed by atoms with Crippen LogP contribution in [-0.4, -0.2) is 29.1 Å². The third-order valence-corrected chi connectivity index (χ3v) is 4.94. The van der Waals surface area contributed by atoms with Gasteiger partial charge < -0.3 is 14.4 Å². The van der Waals surface area contributed by atoms with Gasteiger partial charge in [0.25, 0.3) is 5.91 Å². The Morgan fingerprint density at radius 2 is 1.73 bits per heavy atom. The van der Waals surface area contributed by atoms with Crippen molar-refractivity contribution in [2.75, 3.05) is 13.2 Å². The molecule has 0 fully saturated rings. The maximum Gasteiger partial charge on any atom is 0.290 e. The van der Waals surface area contributed by atoms with Crippen molar-refractivity contribution >= 4 is 40.1 Å². The monoisotopic (exact) mass is 389 g/mol. The summed E-state index contributed by atoms with van der Waals surface area (Å²) >= 11 is 12.0. The molecule has 3 aromatic rings. The summed E-state index contributed by atoms with van der Waals surface area (Å²) in [4.78, 5) is 27.4. The highest BCUT2D eigenvalue weighted by Gasteiger charge is 2.42. The summed E-state index contributed by atoms with van der Waals surface area (Å²) in [6.07, 6.45) is 0. The molecule has 1 N–H and O–H groups in total. The molecule has 2 aromatic carbocycles. The van der Waals surface area contributed by atoms with Crippen LogP contribution < -0.4 is 5.43 Å². The van der Waals surface area contributed by atoms with Crippen LogP contribution in [0.1, 0.15) is 27.7 Å². The van der Waals surface area contributed by atoms with Gasteiger partial charge in [-0.1, -0.05) is 35.3 Å². The molecule has 0 radical (unpaired) electrons. The molecule has 1 aromatic heterocycles. The van der Waals surface area contributed by atoms with Gasteiger partial charge in [-0.3, -0.25) is 9.59 Å². The Kier molecular flexibility index (Phi) is 4.23. The summed E-state index contributed by atoms with van der Waals surface area (Å²) < 4.78 is 5.75. The second-order valence-electron chi connectivity index (χ2n) is 5.99. The third kappa shape index (κ3) is 2.60. The second kappa shape index (κ2) is 6.43. The van der Waals surface area contributed by atoms with E-state index >= 15 is 0 Å². The van der Waals surface area contributed by atoms with Crippen molar-refractivity contribution in [1.29, 1.82) is 0 Å². The quantitative estimate of drug-likeness (QED) is 0.742. The second-order valence-corrected chi connectivity index (χ2v) is 6.86. The minimum Gasteiger partial charge on any atom is -0.450 e. The Labute approximate surface area is 158 Å². The first kappa shape index (κ1) is 17.1. The molecule has 2 heterocycles. The van der Waals surface area contributed by atoms with Crippen molar-refractivity contribution in [1.82, 2.24) is 4.90 Å². The van der Waals surface area contributed by atoms with Crippen molar-refractivity contribution in [2.45, 2.75) is 6.04 Å². The zero-order valence-corrected chi connectivity index (χ0v) is 14.9. The summed E-state index contributed by atoms with van der Waals surface area (Å²) in [7, 11) is 0. The average Bonchev–Trinajstić information content (AvgIpc) is 2.90. The third-order valence-electron chi connectivity index (χ3n) is 4.45. The Morgan fingerprint density at radius 3 is 2.42 bits per heavy atom. The van der Waals surface area contributed by atoms with Crippen LogP contribution in [0.25, 0.3) is 11.0 Å². The fourth-order valence-corrected chi connectivity index (χ4v) is 3.62. The number of rotatable bonds is 3. The molecule has 0 saturated carbocycles. The molecular weight excluding hydrogens is 377 g/mol. The summed E-state index contributed by atoms with van der Waals surface area (Å²) in [6, 6.07) is 10.9. The lowest BCUT2D eigenvalue weighted by Gasteiger charge is -2.24. The van der Waals surface area contributed by atoms with Crippen molar-refractivity contribution in [2.24, 2.45) is 0 Å². The average molecular weight is 390 g/mol. The van der Waals surface area contributed by atoms with Gasteiger partial charge in [0.1, 0.15) is 5.58 Å². The van der Waals surface area contributed by atoms with E-state index in [1.54, 1.807) is 36.4 Å². The number of carbonyl (C=O) groups is 1. The zero-order valence-electron chi connectivity index (χ0n) is 13.4. The van der Waals surface area contributed by atoms with Gasteiger partial charge in [0.15, 0.2) is 5.43 Å². The molecule has 5 nitrogen and oxygen atoms in total. The van der Waals surface area contributed by atoms with E-state index in [0.717, 1.165) is 0 Å². The molecule has 1 atom stereocenters. The Morgan fingerprint density at radius 1 is 1.04 bits per heavy atom. The van der Waals surface area contributed by atoms with Crippen molar-refractivity contribution < 1.29 is 14.3 Å². The minimum absolute atomic E-state index is 0.00165. The molecule has 132 valence electrons. The minimum atomic E-state index is -0.651. The van der Waals surface area contributed by atoms with Crippen LogP contribution in [0.2, 0.25) is 10.0 Å². The normalized spacial score (nSPS) is 16.3. The molecule has 7 heteroatoms. The van der Waals surface area contributed by atoms with Crippen LogP contribution in [0.4, 0.5) is 0 Å². The first-order chi connectivity index (χ1) is 12.5. The van der Waals surface area contributed by atoms with E-state index in [0.29, 0.717) is 26.6 Å². The van der Waals surface area contributed by atoms with Gasteiger partial charge in [0.2, 0.25) is 5.76 Å². The molecule has 0 spiro atoms. The summed E-state index contributed by atoms with van der Waals surface area (Å²) in [5, 5.41) is 10.7. The van der Waals surface area contributed by atoms with Crippen LogP contribution in [-0.2, 0) is 0 Å². The Hall–Kier alpha value is -2.34. The largest absolute Gasteiger partial charge is 0.450 e. The maximum absolute atomic E-state index is 13.1. The van der Waals surface area contributed by atoms with Gasteiger partial charge in [0, 0.05) is 16.6 Å². The van der Waals surface area contributed by atoms with Gasteiger partial charge in [-0.05, 0) is 35.9 Å². The number of carbonyl (C=O) groups excluding carboxylic acids is 1. The molecule has 1 aliphatic heterocycles. The Balaban J connectivity index is 2.01. The molecule has 0 aliphatic carbocycles. The number of nitrogens with zero attached hydrogens (tertiary/aromatic N) is 1. The summed E-state index contributed by atoms with van der Waals surface area (Å²) in [5.74, 6) is -0.429. The standard InChI is InChI=1S/C19H13Cl2NO4/c20-11-3-1-10(2-4-11)16-15-17(24)13-9-12(21)5-6-14(13)26-18(15)19(25)22(16)7-8-23/h1-6,9,16,23H,7-8H2/t16-/m0/s1. The smallest absolute Gasteiger partial charge is 0.290 e. The van der Waals surface area contributed by atoms with Gasteiger partial charge >= 0.3 is 0 Å². The lowest BCUT2D eigenvalue weighted by molar-refractivity contribution is 0.0691. The van der Waals surface area contributed by atoms with Crippen LogP contribution >= 0.6 is 23.2 Å². The molecular formula is C19H13Cl2NO4. The number of hydrogen-bond acceptors (Lipinski definition) is 4. The van der Waals surface area contributed by atoms with Crippen molar-refractivity contribution in [3.63, 3.8) is 0 Å². The van der Waals surface area contributed by atoms with E-state index in [4.69, 9.17) is 27.6 Å². The molecule has 4 rings (SSSR count). The lowest BCUT2D eigenvalue weighted by Crippen LogP contribution is -2.32. The topological polar surface area (TPSA) is 70.8 Å². The van der Waals surface area contributed by atoms with Crippen molar-refractivity contribution in [3.05, 3.63) is 79.6 Å². The lowest BCUT2D eigenvalue weighted by atomic mass is 9.98. The van der Waals surface area contributed by atoms with E-state index in [1.165, 1.54) is 11.0 Å². The first-order valence-electron chi connectivity index (χ1n) is 7.95. The summed E-state index contributed by atoms with van der Waals surface area (Å²) in [5.41, 5.74) is 0.953. The molecule has 26 heavy (non-hydrogen) atoms. The van der Waals surface area contributed by atoms with Crippen molar-refractivity contribution in [3.8, 4) is 0 Å². The molecule has 1 amide bonds. The molecule has 0 unspecified atom stereocenters. The molecule has 0 bridgehead atoms. The molecule has 0 saturated heterocycles. The van der Waals surface area contributed by atoms with E-state index < -0.39 is 11.9 Å². The fraction of sp³-hybridized carbons (Fsp3) is 0.158. The summed E-state index contributed by atoms with van der Waals surface area (Å²) in [6.45, 7) is -0.157. The molecule has 1 aliphatic rings. The number of aliphatic hydroxyl groups is 1. The number of amides is 1. The number of fused-ring (bicyclic) bond motifs is 2. The number of β-amino-alcohol motifs (C(OH)–C–C–N with tert-alkyl or cyclic N) is 1. The van der Waals surface area contributed by atoms with Crippen LogP contribution in [0.15, 0.2) is 51.7 Å². The SMILES string of the molecule is O=C1c2oc3ccc(Cl)cc3c(=O)c2[C@H](c2ccc(Cl)cc2)N1CCO. The number of aliphatic hydroxyl groups excluding tert-OH is 1. The van der Waals surface area contributed by atoms with E-state index in [9.17, 15) is 14.7 Å². The predicted molar refractivity (Wildman–Crippen MR) is 98.9 cm³/mol. The van der Waals surface area contributed by atoms with E-state index in [-0.39, 0.29) is 29.9 Å². The van der Waals surface area contributed by atoms with Crippen LogP contribution in [0, 0.1) is 0 Å². The number of hydrogen-bond donors (Lipinski definition) is 1. The number of halogens is 2. The van der Waals surface area contributed by atoms with Gasteiger partial charge in [-0.25, -0.2) is 0 Å². The van der Waals surface area contributed by atoms with Crippen LogP contribution in [0.3, 0.4) is 0 Å². The predicted octanol–water partition coefficient (Wildman–Crippen LogP) is 3.64. The highest BCUT2D eigenvalue weighted by molar-refractivity contribution is 6.31. The first-order valence-corrected chi connectivity index (χ1v) is 8.70. The number of benzene rings is 2. The Bertz CT molecular complexity index is 1080. The fourth-order valence-electron chi connectivity index (χ4n) is 3.32. The van der Waals surface area contributed by atoms with E-state index in [2.05, 4.69) is 0 Å². The zero-order chi connectivity index (χ0) is 18.4. The van der Waals surface area contributed by atoms with Gasteiger partial charge in [-0.2, -0.15) is 0 Å². The maximum atomic E-state index is 13.1. The highest BCUT2D eigenvalue weighted by Crippen LogP contribution is 2.38.